The van der Waals surface area contributed by atoms with E-state index in [-0.39, 0.29) is 18.1 Å². The van der Waals surface area contributed by atoms with Crippen molar-refractivity contribution < 1.29 is 19.1 Å². The minimum absolute atomic E-state index is 0.240. The van der Waals surface area contributed by atoms with Crippen molar-refractivity contribution in [2.45, 2.75) is 13.5 Å². The third-order valence-electron chi connectivity index (χ3n) is 3.46. The van der Waals surface area contributed by atoms with Crippen molar-refractivity contribution in [3.63, 3.8) is 0 Å². The van der Waals surface area contributed by atoms with Crippen LogP contribution < -0.4 is 4.74 Å². The molecule has 2 aromatic rings. The lowest BCUT2D eigenvalue weighted by molar-refractivity contribution is -0.134. The number of methoxy groups -OCH3 is 1. The van der Waals surface area contributed by atoms with Gasteiger partial charge in [-0.15, -0.1) is 0 Å². The Morgan fingerprint density at radius 3 is 2.46 bits per heavy atom. The molecule has 0 fully saturated rings. The first-order valence-electron chi connectivity index (χ1n) is 7.63. The molecular formula is C18H20N2O4. The van der Waals surface area contributed by atoms with E-state index in [1.807, 2.05) is 37.3 Å². The molecule has 0 aliphatic rings. The summed E-state index contributed by atoms with van der Waals surface area (Å²) in [6.07, 6.45) is 1.35. The number of nitrogens with zero attached hydrogens (tertiary/aromatic N) is 2. The number of rotatable bonds is 7. The second kappa shape index (κ2) is 8.67. The van der Waals surface area contributed by atoms with Crippen LogP contribution in [0, 0.1) is 0 Å². The average Bonchev–Trinajstić information content (AvgIpc) is 2.64. The summed E-state index contributed by atoms with van der Waals surface area (Å²) >= 11 is 0. The van der Waals surface area contributed by atoms with Crippen molar-refractivity contribution in [2.75, 3.05) is 20.3 Å². The quantitative estimate of drug-likeness (QED) is 0.730. The number of ether oxygens (including phenoxy) is 2. The first kappa shape index (κ1) is 17.5. The number of aromatic nitrogens is 1. The normalized spacial score (nSPS) is 10.1. The number of hydrogen-bond acceptors (Lipinski definition) is 5. The molecule has 0 unspecified atom stereocenters. The van der Waals surface area contributed by atoms with E-state index >= 15 is 0 Å². The molecule has 0 spiro atoms. The number of benzene rings is 1. The minimum atomic E-state index is -0.589. The number of esters is 1. The van der Waals surface area contributed by atoms with Crippen molar-refractivity contribution in [3.8, 4) is 5.88 Å². The zero-order chi connectivity index (χ0) is 17.4. The summed E-state index contributed by atoms with van der Waals surface area (Å²) in [5.41, 5.74) is 1.30. The highest BCUT2D eigenvalue weighted by Gasteiger charge is 2.16. The van der Waals surface area contributed by atoms with Gasteiger partial charge >= 0.3 is 5.97 Å². The number of carbonyl (C=O) groups is 2. The summed E-state index contributed by atoms with van der Waals surface area (Å²) < 4.78 is 10.00. The Labute approximate surface area is 141 Å². The predicted octanol–water partition coefficient (Wildman–Crippen LogP) is 2.30. The van der Waals surface area contributed by atoms with E-state index < -0.39 is 5.97 Å². The maximum Gasteiger partial charge on any atom is 0.340 e. The average molecular weight is 328 g/mol. The van der Waals surface area contributed by atoms with E-state index in [0.717, 1.165) is 5.56 Å². The minimum Gasteiger partial charge on any atom is -0.481 e. The molecule has 0 saturated carbocycles. The van der Waals surface area contributed by atoms with Crippen LogP contribution in [0.2, 0.25) is 0 Å². The molecule has 0 atom stereocenters. The van der Waals surface area contributed by atoms with Crippen LogP contribution in [0.5, 0.6) is 5.88 Å². The molecule has 126 valence electrons. The monoisotopic (exact) mass is 328 g/mol. The fourth-order valence-corrected chi connectivity index (χ4v) is 2.10. The van der Waals surface area contributed by atoms with Gasteiger partial charge in [0.05, 0.1) is 12.7 Å². The van der Waals surface area contributed by atoms with Gasteiger partial charge in [-0.3, -0.25) is 4.79 Å². The second-order valence-electron chi connectivity index (χ2n) is 5.06. The lowest BCUT2D eigenvalue weighted by atomic mass is 10.2. The number of hydrogen-bond donors (Lipinski definition) is 0. The van der Waals surface area contributed by atoms with Crippen molar-refractivity contribution in [2.24, 2.45) is 0 Å². The van der Waals surface area contributed by atoms with E-state index in [9.17, 15) is 9.59 Å². The first-order chi connectivity index (χ1) is 11.6. The molecule has 6 nitrogen and oxygen atoms in total. The van der Waals surface area contributed by atoms with Gasteiger partial charge in [-0.25, -0.2) is 9.78 Å². The summed E-state index contributed by atoms with van der Waals surface area (Å²) in [5.74, 6) is -0.423. The van der Waals surface area contributed by atoms with Crippen molar-refractivity contribution in [1.82, 2.24) is 9.88 Å². The van der Waals surface area contributed by atoms with Gasteiger partial charge in [0.25, 0.3) is 5.91 Å². The third kappa shape index (κ3) is 4.81. The van der Waals surface area contributed by atoms with Crippen LogP contribution in [0.4, 0.5) is 0 Å². The largest absolute Gasteiger partial charge is 0.481 e. The van der Waals surface area contributed by atoms with Crippen LogP contribution in [0.25, 0.3) is 0 Å². The van der Waals surface area contributed by atoms with E-state index in [2.05, 4.69) is 4.98 Å². The standard InChI is InChI=1S/C18H20N2O4/c1-3-20(12-14-7-5-4-6-8-14)17(21)13-24-18(22)15-9-10-16(23-2)19-11-15/h4-11H,3,12-13H2,1-2H3. The molecule has 6 heteroatoms. The maximum atomic E-state index is 12.2. The number of carbonyl (C=O) groups excluding carboxylic acids is 2. The van der Waals surface area contributed by atoms with Crippen LogP contribution in [0.15, 0.2) is 48.7 Å². The van der Waals surface area contributed by atoms with Gasteiger partial charge in [0.1, 0.15) is 0 Å². The lowest BCUT2D eigenvalue weighted by Crippen LogP contribution is -2.34. The molecule has 1 aromatic heterocycles. The fraction of sp³-hybridized carbons (Fsp3) is 0.278. The third-order valence-corrected chi connectivity index (χ3v) is 3.46. The van der Waals surface area contributed by atoms with Gasteiger partial charge < -0.3 is 14.4 Å². The highest BCUT2D eigenvalue weighted by molar-refractivity contribution is 5.91. The molecule has 1 aromatic carbocycles. The van der Waals surface area contributed by atoms with Gasteiger partial charge in [0.15, 0.2) is 6.61 Å². The van der Waals surface area contributed by atoms with Crippen molar-refractivity contribution in [1.29, 1.82) is 0 Å². The summed E-state index contributed by atoms with van der Waals surface area (Å²) in [7, 11) is 1.49. The Hall–Kier alpha value is -2.89. The van der Waals surface area contributed by atoms with Gasteiger partial charge in [-0.2, -0.15) is 0 Å². The molecule has 0 N–H and O–H groups in total. The Balaban J connectivity index is 1.89. The van der Waals surface area contributed by atoms with E-state index in [1.54, 1.807) is 17.0 Å². The number of amides is 1. The first-order valence-corrected chi connectivity index (χ1v) is 7.63. The number of likely N-dealkylation sites (N-methyl/N-ethyl adjacent to an activating group) is 1. The van der Waals surface area contributed by atoms with Gasteiger partial charge in [-0.1, -0.05) is 30.3 Å². The Morgan fingerprint density at radius 1 is 1.12 bits per heavy atom. The molecule has 0 saturated heterocycles. The van der Waals surface area contributed by atoms with E-state index in [4.69, 9.17) is 9.47 Å². The molecule has 1 amide bonds. The van der Waals surface area contributed by atoms with Gasteiger partial charge in [-0.05, 0) is 18.6 Å². The number of pyridine rings is 1. The lowest BCUT2D eigenvalue weighted by Gasteiger charge is -2.20. The fourth-order valence-electron chi connectivity index (χ4n) is 2.10. The van der Waals surface area contributed by atoms with Crippen molar-refractivity contribution >= 4 is 11.9 Å². The summed E-state index contributed by atoms with van der Waals surface area (Å²) in [4.78, 5) is 29.7. The highest BCUT2D eigenvalue weighted by Crippen LogP contribution is 2.09. The molecule has 0 aliphatic carbocycles. The molecule has 24 heavy (non-hydrogen) atoms. The molecule has 2 rings (SSSR count). The second-order valence-corrected chi connectivity index (χ2v) is 5.06. The van der Waals surface area contributed by atoms with Crippen LogP contribution in [0.3, 0.4) is 0 Å². The van der Waals surface area contributed by atoms with E-state index in [0.29, 0.717) is 19.0 Å². The van der Waals surface area contributed by atoms with Crippen molar-refractivity contribution in [3.05, 3.63) is 59.8 Å². The van der Waals surface area contributed by atoms with Gasteiger partial charge in [0.2, 0.25) is 5.88 Å². The summed E-state index contributed by atoms with van der Waals surface area (Å²) in [6.45, 7) is 2.61. The summed E-state index contributed by atoms with van der Waals surface area (Å²) in [5, 5.41) is 0. The van der Waals surface area contributed by atoms with Crippen LogP contribution in [-0.2, 0) is 16.1 Å². The zero-order valence-electron chi connectivity index (χ0n) is 13.8. The predicted molar refractivity (Wildman–Crippen MR) is 88.6 cm³/mol. The molecule has 1 heterocycles. The highest BCUT2D eigenvalue weighted by atomic mass is 16.5. The Morgan fingerprint density at radius 2 is 1.88 bits per heavy atom. The molecule has 0 radical (unpaired) electrons. The molecule has 0 aliphatic heterocycles. The van der Waals surface area contributed by atoms with Crippen LogP contribution >= 0.6 is 0 Å². The Bertz CT molecular complexity index is 671. The van der Waals surface area contributed by atoms with Crippen LogP contribution in [0.1, 0.15) is 22.8 Å². The zero-order valence-corrected chi connectivity index (χ0v) is 13.8. The van der Waals surface area contributed by atoms with Gasteiger partial charge in [0, 0.05) is 25.4 Å². The summed E-state index contributed by atoms with van der Waals surface area (Å²) in [6, 6.07) is 12.8. The maximum absolute atomic E-state index is 12.2. The smallest absolute Gasteiger partial charge is 0.340 e. The van der Waals surface area contributed by atoms with Crippen LogP contribution in [-0.4, -0.2) is 42.0 Å². The SMILES string of the molecule is CCN(Cc1ccccc1)C(=O)COC(=O)c1ccc(OC)nc1. The van der Waals surface area contributed by atoms with E-state index in [1.165, 1.54) is 13.3 Å². The Kier molecular flexibility index (Phi) is 6.31. The topological polar surface area (TPSA) is 68.7 Å². The molecular weight excluding hydrogens is 308 g/mol. The molecule has 0 bridgehead atoms.